The number of esters is 1. The number of methoxy groups -OCH3 is 1. The SMILES string of the molecule is COC(=O)CCCNc1nc(C[NH+]2CCC(C)CC2)nc2sc3c(c12)CCC3. The molecule has 2 aromatic heterocycles. The van der Waals surface area contributed by atoms with Gasteiger partial charge in [-0.15, -0.1) is 11.3 Å². The van der Waals surface area contributed by atoms with E-state index in [1.165, 1.54) is 61.7 Å². The first-order chi connectivity index (χ1) is 13.6. The van der Waals surface area contributed by atoms with Crippen LogP contribution in [-0.4, -0.2) is 42.7 Å². The molecule has 0 atom stereocenters. The summed E-state index contributed by atoms with van der Waals surface area (Å²) in [4.78, 5) is 25.5. The number of likely N-dealkylation sites (tertiary alicyclic amines) is 1. The third kappa shape index (κ3) is 4.30. The summed E-state index contributed by atoms with van der Waals surface area (Å²) in [6.45, 7) is 6.40. The summed E-state index contributed by atoms with van der Waals surface area (Å²) < 4.78 is 4.74. The lowest BCUT2D eigenvalue weighted by molar-refractivity contribution is -0.920. The molecule has 1 fully saturated rings. The molecule has 4 rings (SSSR count). The Labute approximate surface area is 170 Å². The van der Waals surface area contributed by atoms with E-state index in [9.17, 15) is 4.79 Å². The fourth-order valence-electron chi connectivity index (χ4n) is 4.36. The van der Waals surface area contributed by atoms with Crippen LogP contribution in [0.3, 0.4) is 0 Å². The van der Waals surface area contributed by atoms with Crippen LogP contribution in [0.4, 0.5) is 5.82 Å². The maximum absolute atomic E-state index is 11.4. The molecule has 2 aromatic rings. The van der Waals surface area contributed by atoms with Gasteiger partial charge in [0.15, 0.2) is 5.82 Å². The molecule has 28 heavy (non-hydrogen) atoms. The third-order valence-electron chi connectivity index (χ3n) is 6.08. The Morgan fingerprint density at radius 2 is 2.11 bits per heavy atom. The maximum Gasteiger partial charge on any atom is 0.305 e. The number of quaternary nitrogens is 1. The zero-order chi connectivity index (χ0) is 19.5. The van der Waals surface area contributed by atoms with E-state index < -0.39 is 0 Å². The predicted molar refractivity (Wildman–Crippen MR) is 112 cm³/mol. The van der Waals surface area contributed by atoms with Crippen molar-refractivity contribution in [1.82, 2.24) is 9.97 Å². The van der Waals surface area contributed by atoms with Crippen molar-refractivity contribution in [2.45, 2.75) is 58.4 Å². The van der Waals surface area contributed by atoms with E-state index in [0.29, 0.717) is 6.42 Å². The summed E-state index contributed by atoms with van der Waals surface area (Å²) in [5.74, 6) is 2.61. The number of carbonyl (C=O) groups excluding carboxylic acids is 1. The molecule has 3 heterocycles. The highest BCUT2D eigenvalue weighted by atomic mass is 32.1. The number of nitrogens with one attached hydrogen (secondary N) is 2. The lowest BCUT2D eigenvalue weighted by atomic mass is 9.99. The zero-order valence-electron chi connectivity index (χ0n) is 17.0. The Bertz CT molecular complexity index is 843. The second kappa shape index (κ2) is 8.74. The van der Waals surface area contributed by atoms with Gasteiger partial charge in [0.1, 0.15) is 17.2 Å². The first-order valence-corrected chi connectivity index (χ1v) is 11.4. The normalized spacial score (nSPS) is 21.6. The molecule has 2 N–H and O–H groups in total. The summed E-state index contributed by atoms with van der Waals surface area (Å²) in [6, 6.07) is 0. The Morgan fingerprint density at radius 3 is 2.89 bits per heavy atom. The summed E-state index contributed by atoms with van der Waals surface area (Å²) in [6.07, 6.45) is 7.30. The molecule has 1 aliphatic carbocycles. The molecule has 0 radical (unpaired) electrons. The predicted octanol–water partition coefficient (Wildman–Crippen LogP) is 2.36. The van der Waals surface area contributed by atoms with Crippen LogP contribution in [0.2, 0.25) is 0 Å². The maximum atomic E-state index is 11.4. The monoisotopic (exact) mass is 403 g/mol. The number of ether oxygens (including phenoxy) is 1. The number of rotatable bonds is 7. The minimum atomic E-state index is -0.158. The molecule has 0 amide bonds. The number of hydrogen-bond donors (Lipinski definition) is 2. The van der Waals surface area contributed by atoms with Crippen LogP contribution in [0.15, 0.2) is 0 Å². The van der Waals surface area contributed by atoms with Crippen molar-refractivity contribution < 1.29 is 14.4 Å². The highest BCUT2D eigenvalue weighted by Gasteiger charge is 2.24. The van der Waals surface area contributed by atoms with Gasteiger partial charge >= 0.3 is 5.97 Å². The van der Waals surface area contributed by atoms with Crippen molar-refractivity contribution >= 4 is 33.3 Å². The standard InChI is InChI=1S/C21H30N4O2S/c1-14-8-11-25(12-9-14)13-17-23-20(22-10-4-7-18(26)27-2)19-15-5-3-6-16(15)28-21(19)24-17/h14H,3-13H2,1-2H3,(H,22,23,24)/p+1. The molecule has 1 saturated heterocycles. The average Bonchev–Trinajstić information content (AvgIpc) is 3.27. The second-order valence-corrected chi connectivity index (χ2v) is 9.33. The summed E-state index contributed by atoms with van der Waals surface area (Å²) >= 11 is 1.85. The molecule has 0 aromatic carbocycles. The number of thiophene rings is 1. The Balaban J connectivity index is 1.53. The Morgan fingerprint density at radius 1 is 1.29 bits per heavy atom. The van der Waals surface area contributed by atoms with Crippen LogP contribution in [0.25, 0.3) is 10.2 Å². The topological polar surface area (TPSA) is 68.5 Å². The summed E-state index contributed by atoms with van der Waals surface area (Å²) in [5, 5.41) is 4.73. The van der Waals surface area contributed by atoms with Gasteiger partial charge in [0, 0.05) is 17.8 Å². The van der Waals surface area contributed by atoms with Crippen molar-refractivity contribution in [3.05, 3.63) is 16.3 Å². The van der Waals surface area contributed by atoms with Crippen LogP contribution in [0.1, 0.15) is 55.3 Å². The van der Waals surface area contributed by atoms with E-state index in [2.05, 4.69) is 12.2 Å². The largest absolute Gasteiger partial charge is 0.469 e. The zero-order valence-corrected chi connectivity index (χ0v) is 17.8. The van der Waals surface area contributed by atoms with Crippen LogP contribution in [0, 0.1) is 5.92 Å². The molecule has 0 spiro atoms. The van der Waals surface area contributed by atoms with E-state index in [4.69, 9.17) is 14.7 Å². The van der Waals surface area contributed by atoms with Crippen molar-refractivity contribution in [3.8, 4) is 0 Å². The van der Waals surface area contributed by atoms with E-state index in [1.54, 1.807) is 4.90 Å². The number of piperidine rings is 1. The molecule has 0 unspecified atom stereocenters. The van der Waals surface area contributed by atoms with Crippen LogP contribution < -0.4 is 10.2 Å². The van der Waals surface area contributed by atoms with Gasteiger partial charge in [-0.1, -0.05) is 6.92 Å². The number of carbonyl (C=O) groups is 1. The molecule has 0 bridgehead atoms. The van der Waals surface area contributed by atoms with Gasteiger partial charge in [-0.3, -0.25) is 4.79 Å². The molecule has 6 nitrogen and oxygen atoms in total. The molecular weight excluding hydrogens is 372 g/mol. The average molecular weight is 404 g/mol. The summed E-state index contributed by atoms with van der Waals surface area (Å²) in [7, 11) is 1.44. The minimum Gasteiger partial charge on any atom is -0.469 e. The van der Waals surface area contributed by atoms with Gasteiger partial charge in [0.05, 0.1) is 25.6 Å². The highest BCUT2D eigenvalue weighted by molar-refractivity contribution is 7.19. The summed E-state index contributed by atoms with van der Waals surface area (Å²) in [5.41, 5.74) is 1.45. The number of hydrogen-bond acceptors (Lipinski definition) is 6. The lowest BCUT2D eigenvalue weighted by Crippen LogP contribution is -3.11. The van der Waals surface area contributed by atoms with Crippen molar-refractivity contribution in [2.24, 2.45) is 5.92 Å². The minimum absolute atomic E-state index is 0.158. The van der Waals surface area contributed by atoms with Gasteiger partial charge in [-0.25, -0.2) is 9.97 Å². The number of fused-ring (bicyclic) bond motifs is 3. The van der Waals surface area contributed by atoms with Gasteiger partial charge in [0.2, 0.25) is 0 Å². The van der Waals surface area contributed by atoms with Crippen molar-refractivity contribution in [2.75, 3.05) is 32.1 Å². The van der Waals surface area contributed by atoms with Crippen LogP contribution in [-0.2, 0) is 28.9 Å². The van der Waals surface area contributed by atoms with Crippen molar-refractivity contribution in [3.63, 3.8) is 0 Å². The van der Waals surface area contributed by atoms with Gasteiger partial charge in [0.25, 0.3) is 0 Å². The quantitative estimate of drug-likeness (QED) is 0.549. The van der Waals surface area contributed by atoms with Gasteiger partial charge in [-0.2, -0.15) is 0 Å². The fourth-order valence-corrected chi connectivity index (χ4v) is 5.64. The van der Waals surface area contributed by atoms with Gasteiger partial charge < -0.3 is 15.0 Å². The third-order valence-corrected chi connectivity index (χ3v) is 7.26. The lowest BCUT2D eigenvalue weighted by Gasteiger charge is -2.26. The number of aryl methyl sites for hydroxylation is 2. The van der Waals surface area contributed by atoms with Gasteiger partial charge in [-0.05, 0) is 50.0 Å². The Kier molecular flexibility index (Phi) is 6.11. The van der Waals surface area contributed by atoms with Crippen molar-refractivity contribution in [1.29, 1.82) is 0 Å². The van der Waals surface area contributed by atoms with Crippen LogP contribution >= 0.6 is 11.3 Å². The molecule has 2 aliphatic rings. The second-order valence-electron chi connectivity index (χ2n) is 8.24. The van der Waals surface area contributed by atoms with E-state index >= 15 is 0 Å². The molecule has 1 aliphatic heterocycles. The smallest absolute Gasteiger partial charge is 0.305 e. The molecular formula is C21H31N4O2S+. The highest BCUT2D eigenvalue weighted by Crippen LogP contribution is 2.39. The van der Waals surface area contributed by atoms with E-state index in [-0.39, 0.29) is 5.97 Å². The Hall–Kier alpha value is -1.73. The first kappa shape index (κ1) is 19.6. The fraction of sp³-hybridized carbons (Fsp3) is 0.667. The first-order valence-electron chi connectivity index (χ1n) is 10.6. The molecule has 152 valence electrons. The number of anilines is 1. The molecule has 7 heteroatoms. The number of nitrogens with zero attached hydrogens (tertiary/aromatic N) is 2. The van der Waals surface area contributed by atoms with E-state index in [0.717, 1.165) is 48.3 Å². The van der Waals surface area contributed by atoms with E-state index in [1.807, 2.05) is 11.3 Å². The van der Waals surface area contributed by atoms with Crippen LogP contribution in [0.5, 0.6) is 0 Å². The number of aromatic nitrogens is 2. The molecule has 0 saturated carbocycles.